The highest BCUT2D eigenvalue weighted by Gasteiger charge is 2.06. The van der Waals surface area contributed by atoms with Crippen molar-refractivity contribution in [3.63, 3.8) is 0 Å². The summed E-state index contributed by atoms with van der Waals surface area (Å²) in [5.41, 5.74) is 3.80. The largest absolute Gasteiger partial charge is 0.493 e. The van der Waals surface area contributed by atoms with E-state index in [2.05, 4.69) is 79.3 Å². The van der Waals surface area contributed by atoms with Crippen molar-refractivity contribution in [3.05, 3.63) is 63.6 Å². The molecule has 1 atom stereocenters. The topological polar surface area (TPSA) is 13.7 Å². The van der Waals surface area contributed by atoms with Gasteiger partial charge in [-0.1, -0.05) is 46.3 Å². The number of nitrogens with one attached hydrogen (secondary N) is 1. The van der Waals surface area contributed by atoms with Gasteiger partial charge >= 0.3 is 0 Å². The molecule has 0 bridgehead atoms. The highest BCUT2D eigenvalue weighted by molar-refractivity contribution is 9.10. The van der Waals surface area contributed by atoms with Gasteiger partial charge in [-0.05, 0) is 49.9 Å². The van der Waals surface area contributed by atoms with Crippen LogP contribution in [0.3, 0.4) is 0 Å². The van der Waals surface area contributed by atoms with Crippen molar-refractivity contribution in [2.24, 2.45) is 0 Å². The van der Waals surface area contributed by atoms with Crippen LogP contribution in [-0.4, -0.2) is 20.2 Å². The molecule has 1 N–H and O–H groups in total. The molecule has 0 saturated carbocycles. The monoisotopic (exact) mass is 376 g/mol. The molecule has 1 unspecified atom stereocenters. The first-order valence-electron chi connectivity index (χ1n) is 8.31. The van der Waals surface area contributed by atoms with Gasteiger partial charge in [-0.25, -0.2) is 0 Å². The third-order valence-electron chi connectivity index (χ3n) is 4.02. The van der Waals surface area contributed by atoms with E-state index in [0.717, 1.165) is 29.8 Å². The van der Waals surface area contributed by atoms with Gasteiger partial charge in [0.25, 0.3) is 0 Å². The van der Waals surface area contributed by atoms with Crippen LogP contribution in [0.25, 0.3) is 0 Å². The lowest BCUT2D eigenvalue weighted by molar-refractivity contribution is -0.894. The van der Waals surface area contributed by atoms with Gasteiger partial charge < -0.3 is 9.64 Å². The summed E-state index contributed by atoms with van der Waals surface area (Å²) in [5, 5.41) is 0. The van der Waals surface area contributed by atoms with E-state index < -0.39 is 0 Å². The third-order valence-corrected chi connectivity index (χ3v) is 4.48. The van der Waals surface area contributed by atoms with E-state index in [4.69, 9.17) is 4.74 Å². The van der Waals surface area contributed by atoms with E-state index in [1.165, 1.54) is 29.7 Å². The van der Waals surface area contributed by atoms with Gasteiger partial charge in [0.05, 0.1) is 20.2 Å². The van der Waals surface area contributed by atoms with Crippen LogP contribution in [0, 0.1) is 13.8 Å². The fraction of sp³-hybridized carbons (Fsp3) is 0.400. The molecule has 0 spiro atoms. The normalized spacial score (nSPS) is 12.2. The molecule has 0 fully saturated rings. The van der Waals surface area contributed by atoms with Gasteiger partial charge in [0, 0.05) is 10.0 Å². The number of ether oxygens (including phenoxy) is 1. The Bertz CT molecular complexity index is 589. The fourth-order valence-electron chi connectivity index (χ4n) is 2.86. The van der Waals surface area contributed by atoms with Crippen molar-refractivity contribution in [1.29, 1.82) is 0 Å². The number of benzene rings is 2. The van der Waals surface area contributed by atoms with Crippen molar-refractivity contribution in [3.8, 4) is 5.75 Å². The average Bonchev–Trinajstić information content (AvgIpc) is 2.50. The van der Waals surface area contributed by atoms with Crippen LogP contribution in [0.15, 0.2) is 46.9 Å². The molecule has 2 rings (SSSR count). The maximum atomic E-state index is 5.99. The molecule has 2 aromatic rings. The SMILES string of the molecule is Cc1cc(Br)cc(C)c1OCCCC[NH+](C)Cc1ccccc1. The van der Waals surface area contributed by atoms with Crippen LogP contribution in [0.2, 0.25) is 0 Å². The quantitative estimate of drug-likeness (QED) is 0.688. The number of unbranched alkanes of at least 4 members (excludes halogenated alkanes) is 1. The molecule has 0 heterocycles. The van der Waals surface area contributed by atoms with Crippen molar-refractivity contribution >= 4 is 15.9 Å². The number of hydrogen-bond donors (Lipinski definition) is 1. The Kier molecular flexibility index (Phi) is 7.13. The number of quaternary nitrogens is 1. The molecule has 3 heteroatoms. The van der Waals surface area contributed by atoms with E-state index in [0.29, 0.717) is 0 Å². The van der Waals surface area contributed by atoms with Crippen LogP contribution in [0.5, 0.6) is 5.75 Å². The van der Waals surface area contributed by atoms with Crippen molar-refractivity contribution in [1.82, 2.24) is 0 Å². The van der Waals surface area contributed by atoms with Gasteiger partial charge in [-0.3, -0.25) is 0 Å². The second-order valence-corrected chi connectivity index (χ2v) is 7.21. The van der Waals surface area contributed by atoms with Gasteiger partial charge in [0.2, 0.25) is 0 Å². The van der Waals surface area contributed by atoms with E-state index >= 15 is 0 Å². The number of halogens is 1. The Hall–Kier alpha value is -1.32. The average molecular weight is 377 g/mol. The van der Waals surface area contributed by atoms with Gasteiger partial charge in [-0.2, -0.15) is 0 Å². The van der Waals surface area contributed by atoms with Crippen LogP contribution in [0.4, 0.5) is 0 Å². The van der Waals surface area contributed by atoms with Crippen LogP contribution in [-0.2, 0) is 6.54 Å². The Labute approximate surface area is 148 Å². The zero-order valence-electron chi connectivity index (χ0n) is 14.4. The summed E-state index contributed by atoms with van der Waals surface area (Å²) in [6.45, 7) is 7.26. The Morgan fingerprint density at radius 3 is 2.30 bits per heavy atom. The molecule has 0 amide bonds. The Morgan fingerprint density at radius 1 is 1.00 bits per heavy atom. The predicted molar refractivity (Wildman–Crippen MR) is 100 cm³/mol. The third kappa shape index (κ3) is 6.00. The number of hydrogen-bond acceptors (Lipinski definition) is 1. The molecule has 0 aliphatic heterocycles. The molecule has 0 aliphatic carbocycles. The minimum absolute atomic E-state index is 0.794. The predicted octanol–water partition coefficient (Wildman–Crippen LogP) is 3.94. The standard InChI is InChI=1S/C20H26BrNO/c1-16-13-19(21)14-17(2)20(16)23-12-8-7-11-22(3)15-18-9-5-4-6-10-18/h4-6,9-10,13-14H,7-8,11-12,15H2,1-3H3/p+1. The zero-order chi connectivity index (χ0) is 16.7. The Morgan fingerprint density at radius 2 is 1.65 bits per heavy atom. The summed E-state index contributed by atoms with van der Waals surface area (Å²) in [5.74, 6) is 1.04. The molecular formula is C20H27BrNO+. The molecule has 0 aromatic heterocycles. The number of rotatable bonds is 8. The van der Waals surface area contributed by atoms with Crippen molar-refractivity contribution in [2.45, 2.75) is 33.2 Å². The van der Waals surface area contributed by atoms with E-state index in [1.807, 2.05) is 0 Å². The zero-order valence-corrected chi connectivity index (χ0v) is 15.9. The van der Waals surface area contributed by atoms with Crippen LogP contribution < -0.4 is 9.64 Å². The molecule has 23 heavy (non-hydrogen) atoms. The van der Waals surface area contributed by atoms with E-state index in [-0.39, 0.29) is 0 Å². The summed E-state index contributed by atoms with van der Waals surface area (Å²) >= 11 is 3.52. The number of aryl methyl sites for hydroxylation is 2. The summed E-state index contributed by atoms with van der Waals surface area (Å²) in [6, 6.07) is 14.9. The second-order valence-electron chi connectivity index (χ2n) is 6.29. The van der Waals surface area contributed by atoms with Crippen molar-refractivity contribution in [2.75, 3.05) is 20.2 Å². The Balaban J connectivity index is 1.68. The van der Waals surface area contributed by atoms with Crippen molar-refractivity contribution < 1.29 is 9.64 Å². The molecule has 0 aliphatic rings. The summed E-state index contributed by atoms with van der Waals surface area (Å²) in [7, 11) is 2.26. The highest BCUT2D eigenvalue weighted by atomic mass is 79.9. The van der Waals surface area contributed by atoms with Gasteiger partial charge in [0.1, 0.15) is 12.3 Å². The van der Waals surface area contributed by atoms with Gasteiger partial charge in [0.15, 0.2) is 0 Å². The van der Waals surface area contributed by atoms with Crippen LogP contribution >= 0.6 is 15.9 Å². The lowest BCUT2D eigenvalue weighted by Crippen LogP contribution is -3.07. The first kappa shape index (κ1) is 18.0. The minimum atomic E-state index is 0.794. The first-order chi connectivity index (χ1) is 11.1. The fourth-order valence-corrected chi connectivity index (χ4v) is 3.55. The molecule has 0 saturated heterocycles. The van der Waals surface area contributed by atoms with Crippen LogP contribution in [0.1, 0.15) is 29.5 Å². The second kappa shape index (κ2) is 9.09. The van der Waals surface area contributed by atoms with Gasteiger partial charge in [-0.15, -0.1) is 0 Å². The highest BCUT2D eigenvalue weighted by Crippen LogP contribution is 2.27. The summed E-state index contributed by atoms with van der Waals surface area (Å²) in [6.07, 6.45) is 2.29. The molecule has 2 nitrogen and oxygen atoms in total. The molecule has 2 aromatic carbocycles. The molecule has 0 radical (unpaired) electrons. The van der Waals surface area contributed by atoms with E-state index in [9.17, 15) is 0 Å². The summed E-state index contributed by atoms with van der Waals surface area (Å²) in [4.78, 5) is 1.55. The lowest BCUT2D eigenvalue weighted by atomic mass is 10.1. The smallest absolute Gasteiger partial charge is 0.125 e. The maximum absolute atomic E-state index is 5.99. The first-order valence-corrected chi connectivity index (χ1v) is 9.10. The minimum Gasteiger partial charge on any atom is -0.493 e. The summed E-state index contributed by atoms with van der Waals surface area (Å²) < 4.78 is 7.11. The van der Waals surface area contributed by atoms with E-state index in [1.54, 1.807) is 4.90 Å². The maximum Gasteiger partial charge on any atom is 0.125 e. The molecule has 124 valence electrons. The lowest BCUT2D eigenvalue weighted by Gasteiger charge is -2.15. The molecular weight excluding hydrogens is 350 g/mol.